The maximum Gasteiger partial charge on any atom is 0.246 e. The zero-order valence-electron chi connectivity index (χ0n) is 33.1. The molecule has 8 amide bonds. The molecular formula is C42H52N8O9. The van der Waals surface area contributed by atoms with Gasteiger partial charge in [-0.3, -0.25) is 38.4 Å². The van der Waals surface area contributed by atoms with E-state index in [1.165, 1.54) is 11.8 Å². The monoisotopic (exact) mass is 812 g/mol. The van der Waals surface area contributed by atoms with Crippen molar-refractivity contribution < 1.29 is 43.1 Å². The van der Waals surface area contributed by atoms with E-state index in [4.69, 9.17) is 4.74 Å². The lowest BCUT2D eigenvalue weighted by molar-refractivity contribution is -0.143. The number of nitrogens with zero attached hydrogens (tertiary/aromatic N) is 1. The average Bonchev–Trinajstić information content (AvgIpc) is 3.67. The Morgan fingerprint density at radius 3 is 2.20 bits per heavy atom. The van der Waals surface area contributed by atoms with Crippen LogP contribution in [0.3, 0.4) is 0 Å². The molecule has 2 aliphatic heterocycles. The maximum atomic E-state index is 14.5. The predicted molar refractivity (Wildman–Crippen MR) is 216 cm³/mol. The fourth-order valence-electron chi connectivity index (χ4n) is 6.95. The molecule has 3 aromatic carbocycles. The third-order valence-electron chi connectivity index (χ3n) is 10.0. The molecule has 314 valence electrons. The molecule has 2 aliphatic rings. The summed E-state index contributed by atoms with van der Waals surface area (Å²) >= 11 is 0. The zero-order chi connectivity index (χ0) is 42.1. The van der Waals surface area contributed by atoms with Crippen LogP contribution >= 0.6 is 0 Å². The van der Waals surface area contributed by atoms with Gasteiger partial charge in [0.2, 0.25) is 47.3 Å². The standard InChI is InChI=1S/C42H52N8O9/c1-27(51)45-24-39(55)48-34-21-36(52)43-17-8-3-9-18-44-37(53)22-46-38(54)23-47-40(56)33(19-30-15-10-14-29-13-6-7-16-32(29)30)49-41(57)35-20-31(25-50(35)42(34)58)59-26-28-11-4-2-5-12-28/h2,4-7,10-16,31,33-35H,3,8-9,17-26H2,1H3,(H,43,52)(H,44,53)(H,45,51)(H,46,54)(H,47,56)(H,48,55)(H,49,57)/t31?,33-,34+,35+/m1/s1. The van der Waals surface area contributed by atoms with Gasteiger partial charge in [0.05, 0.1) is 38.8 Å². The number of nitrogens with one attached hydrogen (secondary N) is 7. The predicted octanol–water partition coefficient (Wildman–Crippen LogP) is -0.287. The minimum Gasteiger partial charge on any atom is -0.372 e. The first-order valence-electron chi connectivity index (χ1n) is 19.8. The smallest absolute Gasteiger partial charge is 0.246 e. The van der Waals surface area contributed by atoms with E-state index < -0.39 is 91.0 Å². The summed E-state index contributed by atoms with van der Waals surface area (Å²) in [5.74, 6) is -4.87. The molecule has 2 saturated heterocycles. The number of benzene rings is 3. The molecule has 0 aromatic heterocycles. The van der Waals surface area contributed by atoms with Crippen molar-refractivity contribution in [2.24, 2.45) is 0 Å². The van der Waals surface area contributed by atoms with E-state index in [0.29, 0.717) is 25.8 Å². The summed E-state index contributed by atoms with van der Waals surface area (Å²) in [7, 11) is 0. The quantitative estimate of drug-likeness (QED) is 0.158. The molecule has 0 saturated carbocycles. The molecule has 59 heavy (non-hydrogen) atoms. The minimum atomic E-state index is -1.43. The van der Waals surface area contributed by atoms with Gasteiger partial charge in [0, 0.05) is 39.4 Å². The van der Waals surface area contributed by atoms with E-state index in [-0.39, 0.29) is 39.1 Å². The number of ether oxygens (including phenoxy) is 1. The minimum absolute atomic E-state index is 0.0134. The third kappa shape index (κ3) is 13.6. The van der Waals surface area contributed by atoms with Gasteiger partial charge in [-0.05, 0) is 41.2 Å². The maximum absolute atomic E-state index is 14.5. The summed E-state index contributed by atoms with van der Waals surface area (Å²) < 4.78 is 6.20. The van der Waals surface area contributed by atoms with Crippen molar-refractivity contribution >= 4 is 58.0 Å². The highest BCUT2D eigenvalue weighted by Crippen LogP contribution is 2.25. The normalized spacial score (nSPS) is 21.9. The number of amides is 8. The van der Waals surface area contributed by atoms with E-state index in [2.05, 4.69) is 37.2 Å². The number of fused-ring (bicyclic) bond motifs is 2. The highest BCUT2D eigenvalue weighted by molar-refractivity contribution is 5.98. The zero-order valence-corrected chi connectivity index (χ0v) is 33.1. The van der Waals surface area contributed by atoms with Crippen LogP contribution in [0.1, 0.15) is 50.2 Å². The Morgan fingerprint density at radius 1 is 0.763 bits per heavy atom. The molecule has 17 heteroatoms. The summed E-state index contributed by atoms with van der Waals surface area (Å²) in [6, 6.07) is 18.6. The molecule has 17 nitrogen and oxygen atoms in total. The van der Waals surface area contributed by atoms with Gasteiger partial charge in [0.1, 0.15) is 18.1 Å². The molecule has 0 spiro atoms. The molecule has 0 bridgehead atoms. The molecule has 5 rings (SSSR count). The van der Waals surface area contributed by atoms with Gasteiger partial charge in [-0.2, -0.15) is 0 Å². The van der Waals surface area contributed by atoms with E-state index in [1.807, 2.05) is 72.8 Å². The van der Waals surface area contributed by atoms with Gasteiger partial charge in [-0.1, -0.05) is 72.8 Å². The molecule has 2 fully saturated rings. The van der Waals surface area contributed by atoms with Crippen LogP contribution in [-0.4, -0.2) is 116 Å². The Balaban J connectivity index is 1.45. The van der Waals surface area contributed by atoms with E-state index in [0.717, 1.165) is 21.9 Å². The molecule has 7 N–H and O–H groups in total. The second kappa shape index (κ2) is 22.0. The first-order valence-corrected chi connectivity index (χ1v) is 19.8. The second-order valence-corrected chi connectivity index (χ2v) is 14.6. The topological polar surface area (TPSA) is 233 Å². The van der Waals surface area contributed by atoms with Gasteiger partial charge in [-0.15, -0.1) is 0 Å². The molecule has 4 atom stereocenters. The van der Waals surface area contributed by atoms with Crippen LogP contribution < -0.4 is 37.2 Å². The third-order valence-corrected chi connectivity index (χ3v) is 10.0. The number of rotatable bonds is 8. The molecule has 3 aromatic rings. The van der Waals surface area contributed by atoms with Crippen LogP contribution in [0, 0.1) is 0 Å². The van der Waals surface area contributed by atoms with Crippen molar-refractivity contribution in [2.75, 3.05) is 39.3 Å². The van der Waals surface area contributed by atoms with Gasteiger partial charge in [0.25, 0.3) is 0 Å². The molecule has 0 radical (unpaired) electrons. The van der Waals surface area contributed by atoms with Crippen LogP contribution in [-0.2, 0) is 56.1 Å². The lowest BCUT2D eigenvalue weighted by atomic mass is 9.98. The van der Waals surface area contributed by atoms with Crippen molar-refractivity contribution in [3.8, 4) is 0 Å². The molecule has 0 aliphatic carbocycles. The first kappa shape index (κ1) is 43.8. The van der Waals surface area contributed by atoms with Gasteiger partial charge < -0.3 is 46.9 Å². The van der Waals surface area contributed by atoms with Crippen molar-refractivity contribution in [1.82, 2.24) is 42.1 Å². The molecule has 1 unspecified atom stereocenters. The van der Waals surface area contributed by atoms with E-state index in [1.54, 1.807) is 0 Å². The second-order valence-electron chi connectivity index (χ2n) is 14.6. The Bertz CT molecular complexity index is 1990. The highest BCUT2D eigenvalue weighted by atomic mass is 16.5. The van der Waals surface area contributed by atoms with E-state index in [9.17, 15) is 38.4 Å². The summed E-state index contributed by atoms with van der Waals surface area (Å²) in [5, 5.41) is 20.0. The van der Waals surface area contributed by atoms with Crippen LogP contribution in [0.5, 0.6) is 0 Å². The average molecular weight is 813 g/mol. The van der Waals surface area contributed by atoms with Crippen LogP contribution in [0.4, 0.5) is 0 Å². The number of carbonyl (C=O) groups excluding carboxylic acids is 8. The molecule has 2 heterocycles. The van der Waals surface area contributed by atoms with Crippen molar-refractivity contribution in [3.05, 3.63) is 83.9 Å². The summed E-state index contributed by atoms with van der Waals surface area (Å²) in [4.78, 5) is 107. The number of carbonyl (C=O) groups is 8. The Labute approximate surface area is 342 Å². The Morgan fingerprint density at radius 2 is 1.44 bits per heavy atom. The summed E-state index contributed by atoms with van der Waals surface area (Å²) in [5.41, 5.74) is 1.60. The number of hydrogen-bond donors (Lipinski definition) is 7. The lowest BCUT2D eigenvalue weighted by Gasteiger charge is -2.29. The highest BCUT2D eigenvalue weighted by Gasteiger charge is 2.44. The fourth-order valence-corrected chi connectivity index (χ4v) is 6.95. The van der Waals surface area contributed by atoms with Crippen molar-refractivity contribution in [3.63, 3.8) is 0 Å². The van der Waals surface area contributed by atoms with E-state index >= 15 is 0 Å². The SMILES string of the molecule is CC(=O)NCC(=O)N[C@H]1CC(=O)NCCCCCNC(=O)CNC(=O)CNC(=O)[C@@H](Cc2cccc3ccccc23)NC(=O)[C@@H]2CC(OCc3ccccc3)CN2C1=O. The molecular weight excluding hydrogens is 761 g/mol. The van der Waals surface area contributed by atoms with Crippen LogP contribution in [0.15, 0.2) is 72.8 Å². The first-order chi connectivity index (χ1) is 28.5. The Hall–Kier alpha value is -6.36. The van der Waals surface area contributed by atoms with Crippen molar-refractivity contribution in [2.45, 2.75) is 76.3 Å². The Kier molecular flexibility index (Phi) is 16.3. The van der Waals surface area contributed by atoms with Crippen LogP contribution in [0.2, 0.25) is 0 Å². The van der Waals surface area contributed by atoms with Crippen LogP contribution in [0.25, 0.3) is 10.8 Å². The van der Waals surface area contributed by atoms with Crippen molar-refractivity contribution in [1.29, 1.82) is 0 Å². The van der Waals surface area contributed by atoms with Gasteiger partial charge in [-0.25, -0.2) is 0 Å². The summed E-state index contributed by atoms with van der Waals surface area (Å²) in [6.07, 6.45) is 0.715. The number of hydrogen-bond acceptors (Lipinski definition) is 9. The largest absolute Gasteiger partial charge is 0.372 e. The fraction of sp³-hybridized carbons (Fsp3) is 0.429. The van der Waals surface area contributed by atoms with Gasteiger partial charge in [0.15, 0.2) is 0 Å². The summed E-state index contributed by atoms with van der Waals surface area (Å²) in [6.45, 7) is 0.698. The lowest BCUT2D eigenvalue weighted by Crippen LogP contribution is -2.58. The van der Waals surface area contributed by atoms with Gasteiger partial charge >= 0.3 is 0 Å².